The summed E-state index contributed by atoms with van der Waals surface area (Å²) < 4.78 is 7.22. The molecule has 0 radical (unpaired) electrons. The van der Waals surface area contributed by atoms with Crippen molar-refractivity contribution < 1.29 is 4.74 Å². The molecule has 39 heavy (non-hydrogen) atoms. The molecule has 0 bridgehead atoms. The van der Waals surface area contributed by atoms with Gasteiger partial charge in [-0.3, -0.25) is 9.69 Å². The Labute approximate surface area is 228 Å². The number of rotatable bonds is 10. The zero-order chi connectivity index (χ0) is 27.4. The Bertz CT molecular complexity index is 1610. The largest absolute Gasteiger partial charge is 0.497 e. The van der Waals surface area contributed by atoms with Crippen molar-refractivity contribution in [3.63, 3.8) is 0 Å². The van der Waals surface area contributed by atoms with Gasteiger partial charge in [-0.15, -0.1) is 5.10 Å². The summed E-state index contributed by atoms with van der Waals surface area (Å²) in [6.07, 6.45) is 0.773. The number of nitrogens with zero attached hydrogens (tertiary/aromatic N) is 5. The number of ether oxygens (including phenoxy) is 1. The minimum atomic E-state index is -0.112. The van der Waals surface area contributed by atoms with Crippen LogP contribution in [0, 0.1) is 13.8 Å². The van der Waals surface area contributed by atoms with Gasteiger partial charge in [-0.1, -0.05) is 61.5 Å². The van der Waals surface area contributed by atoms with Gasteiger partial charge in [0.05, 0.1) is 25.2 Å². The molecule has 5 rings (SSSR count). The molecule has 0 fully saturated rings. The van der Waals surface area contributed by atoms with E-state index in [1.807, 2.05) is 54.1 Å². The van der Waals surface area contributed by atoms with Gasteiger partial charge in [0, 0.05) is 24.0 Å². The van der Waals surface area contributed by atoms with Gasteiger partial charge in [0.15, 0.2) is 5.82 Å². The number of H-pyrrole nitrogens is 1. The molecule has 2 heterocycles. The zero-order valence-corrected chi connectivity index (χ0v) is 22.9. The number of hydrogen-bond donors (Lipinski definition) is 1. The minimum Gasteiger partial charge on any atom is -0.497 e. The van der Waals surface area contributed by atoms with E-state index in [0.29, 0.717) is 25.2 Å². The molecule has 1 N–H and O–H groups in total. The van der Waals surface area contributed by atoms with Crippen molar-refractivity contribution in [1.82, 2.24) is 30.1 Å². The van der Waals surface area contributed by atoms with Gasteiger partial charge in [0.1, 0.15) is 5.75 Å². The van der Waals surface area contributed by atoms with Crippen molar-refractivity contribution in [3.8, 4) is 5.75 Å². The summed E-state index contributed by atoms with van der Waals surface area (Å²) in [5, 5.41) is 13.9. The Morgan fingerprint density at radius 3 is 2.41 bits per heavy atom. The average Bonchev–Trinajstić information content (AvgIpc) is 3.40. The Morgan fingerprint density at radius 2 is 1.69 bits per heavy atom. The highest BCUT2D eigenvalue weighted by molar-refractivity contribution is 5.85. The molecule has 0 saturated heterocycles. The Balaban J connectivity index is 1.54. The fourth-order valence-electron chi connectivity index (χ4n) is 5.12. The molecule has 0 aliphatic rings. The van der Waals surface area contributed by atoms with E-state index in [1.165, 1.54) is 0 Å². The topological polar surface area (TPSA) is 88.9 Å². The van der Waals surface area contributed by atoms with Crippen molar-refractivity contribution in [2.45, 2.75) is 52.9 Å². The molecular weight excluding hydrogens is 488 g/mol. The van der Waals surface area contributed by atoms with E-state index in [-0.39, 0.29) is 11.6 Å². The first kappa shape index (κ1) is 26.3. The minimum absolute atomic E-state index is 0.0744. The first-order chi connectivity index (χ1) is 19.0. The predicted molar refractivity (Wildman–Crippen MR) is 153 cm³/mol. The fraction of sp³-hybridized carbons (Fsp3) is 0.290. The lowest BCUT2D eigenvalue weighted by molar-refractivity contribution is 0.161. The highest BCUT2D eigenvalue weighted by Crippen LogP contribution is 2.28. The SMILES string of the molecule is CC[C@H](c1nnnn1Cc1ccccc1)N(Cc1ccc(OC)cc1)Cc1cc2c(C)ccc(C)c2[nH]c1=O. The summed E-state index contributed by atoms with van der Waals surface area (Å²) in [6.45, 7) is 7.86. The van der Waals surface area contributed by atoms with Crippen LogP contribution in [0.25, 0.3) is 10.9 Å². The van der Waals surface area contributed by atoms with Crippen LogP contribution in [0.5, 0.6) is 5.75 Å². The smallest absolute Gasteiger partial charge is 0.252 e. The average molecular weight is 523 g/mol. The van der Waals surface area contributed by atoms with Crippen molar-refractivity contribution in [2.75, 3.05) is 7.11 Å². The number of aryl methyl sites for hydroxylation is 2. The predicted octanol–water partition coefficient (Wildman–Crippen LogP) is 5.34. The maximum absolute atomic E-state index is 13.3. The first-order valence-electron chi connectivity index (χ1n) is 13.3. The summed E-state index contributed by atoms with van der Waals surface area (Å²) in [7, 11) is 1.66. The molecule has 1 atom stereocenters. The van der Waals surface area contributed by atoms with E-state index in [2.05, 4.69) is 69.6 Å². The van der Waals surface area contributed by atoms with E-state index in [9.17, 15) is 4.79 Å². The fourth-order valence-corrected chi connectivity index (χ4v) is 5.12. The lowest BCUT2D eigenvalue weighted by Crippen LogP contribution is -2.32. The Hall–Kier alpha value is -4.30. The molecule has 0 amide bonds. The second-order valence-electron chi connectivity index (χ2n) is 9.97. The lowest BCUT2D eigenvalue weighted by Gasteiger charge is -2.30. The number of hydrogen-bond acceptors (Lipinski definition) is 6. The molecule has 2 aromatic heterocycles. The standard InChI is InChI=1S/C31H34N6O2/c1-5-28(30-33-34-35-37(30)19-23-9-7-6-8-10-23)36(18-24-13-15-26(39-4)16-14-24)20-25-17-27-21(2)11-12-22(3)29(27)32-31(25)38/h6-17,28H,5,18-20H2,1-4H3,(H,32,38)/t28-/m1/s1. The van der Waals surface area contributed by atoms with E-state index in [1.54, 1.807) is 7.11 Å². The maximum atomic E-state index is 13.3. The monoisotopic (exact) mass is 522 g/mol. The number of fused-ring (bicyclic) bond motifs is 1. The van der Waals surface area contributed by atoms with Crippen molar-refractivity contribution in [1.29, 1.82) is 0 Å². The number of tetrazole rings is 1. The van der Waals surface area contributed by atoms with Crippen LogP contribution in [0.4, 0.5) is 0 Å². The van der Waals surface area contributed by atoms with Crippen LogP contribution in [0.3, 0.4) is 0 Å². The molecule has 3 aromatic carbocycles. The van der Waals surface area contributed by atoms with Gasteiger partial charge in [0.2, 0.25) is 0 Å². The molecule has 0 saturated carbocycles. The molecule has 0 aliphatic heterocycles. The van der Waals surface area contributed by atoms with Gasteiger partial charge in [0.25, 0.3) is 5.56 Å². The molecule has 8 heteroatoms. The summed E-state index contributed by atoms with van der Waals surface area (Å²) in [5.41, 5.74) is 5.96. The summed E-state index contributed by atoms with van der Waals surface area (Å²) >= 11 is 0. The number of aromatic nitrogens is 5. The highest BCUT2D eigenvalue weighted by atomic mass is 16.5. The van der Waals surface area contributed by atoms with Gasteiger partial charge in [-0.25, -0.2) is 4.68 Å². The third kappa shape index (κ3) is 5.76. The van der Waals surface area contributed by atoms with Crippen LogP contribution in [0.15, 0.2) is 77.6 Å². The molecule has 0 unspecified atom stereocenters. The van der Waals surface area contributed by atoms with E-state index >= 15 is 0 Å². The highest BCUT2D eigenvalue weighted by Gasteiger charge is 2.26. The van der Waals surface area contributed by atoms with Crippen LogP contribution in [-0.4, -0.2) is 37.2 Å². The number of pyridine rings is 1. The molecule has 200 valence electrons. The maximum Gasteiger partial charge on any atom is 0.252 e. The molecule has 5 aromatic rings. The molecule has 8 nitrogen and oxygen atoms in total. The second kappa shape index (κ2) is 11.6. The van der Waals surface area contributed by atoms with Crippen molar-refractivity contribution in [2.24, 2.45) is 0 Å². The summed E-state index contributed by atoms with van der Waals surface area (Å²) in [5.74, 6) is 1.58. The summed E-state index contributed by atoms with van der Waals surface area (Å²) in [4.78, 5) is 18.8. The third-order valence-electron chi connectivity index (χ3n) is 7.30. The van der Waals surface area contributed by atoms with Gasteiger partial charge < -0.3 is 9.72 Å². The summed E-state index contributed by atoms with van der Waals surface area (Å²) in [6, 6.07) is 24.3. The second-order valence-corrected chi connectivity index (χ2v) is 9.97. The quantitative estimate of drug-likeness (QED) is 0.266. The van der Waals surface area contributed by atoms with Crippen molar-refractivity contribution >= 4 is 10.9 Å². The van der Waals surface area contributed by atoms with E-state index in [0.717, 1.165) is 51.2 Å². The van der Waals surface area contributed by atoms with Gasteiger partial charge in [-0.05, 0) is 71.1 Å². The molecular formula is C31H34N6O2. The normalized spacial score (nSPS) is 12.2. The first-order valence-corrected chi connectivity index (χ1v) is 13.3. The third-order valence-corrected chi connectivity index (χ3v) is 7.30. The Kier molecular flexibility index (Phi) is 7.84. The number of aromatic amines is 1. The number of benzene rings is 3. The van der Waals surface area contributed by atoms with E-state index < -0.39 is 0 Å². The van der Waals surface area contributed by atoms with Crippen LogP contribution in [0.1, 0.15) is 53.0 Å². The lowest BCUT2D eigenvalue weighted by atomic mass is 10.0. The van der Waals surface area contributed by atoms with Gasteiger partial charge in [-0.2, -0.15) is 0 Å². The van der Waals surface area contributed by atoms with Crippen molar-refractivity contribution in [3.05, 3.63) is 117 Å². The van der Waals surface area contributed by atoms with Gasteiger partial charge >= 0.3 is 0 Å². The van der Waals surface area contributed by atoms with E-state index in [4.69, 9.17) is 4.74 Å². The van der Waals surface area contributed by atoms with Crippen LogP contribution in [0.2, 0.25) is 0 Å². The number of nitrogens with one attached hydrogen (secondary N) is 1. The Morgan fingerprint density at radius 1 is 0.949 bits per heavy atom. The zero-order valence-electron chi connectivity index (χ0n) is 22.9. The van der Waals surface area contributed by atoms with Crippen LogP contribution in [-0.2, 0) is 19.6 Å². The van der Waals surface area contributed by atoms with Crippen LogP contribution < -0.4 is 10.3 Å². The molecule has 0 spiro atoms. The molecule has 0 aliphatic carbocycles. The number of methoxy groups -OCH3 is 1. The van der Waals surface area contributed by atoms with Crippen LogP contribution >= 0.6 is 0 Å².